The Labute approximate surface area is 265 Å². The number of para-hydroxylation sites is 2. The van der Waals surface area contributed by atoms with Crippen molar-refractivity contribution < 1.29 is 28.5 Å². The van der Waals surface area contributed by atoms with Crippen molar-refractivity contribution in [2.24, 2.45) is 0 Å². The van der Waals surface area contributed by atoms with Crippen LogP contribution in [0.25, 0.3) is 11.0 Å². The zero-order valence-electron chi connectivity index (χ0n) is 26.9. The SMILES string of the molecule is CCOCCn1c(NC2CCN(CCc3cc(C(=O)c4cc(OC)c(OC)c(OC)c4)ccc3OC)CC2)nc2ccccc21. The Morgan fingerprint density at radius 2 is 1.58 bits per heavy atom. The first kappa shape index (κ1) is 32.1. The van der Waals surface area contributed by atoms with Gasteiger partial charge in [0.15, 0.2) is 17.3 Å². The van der Waals surface area contributed by atoms with Gasteiger partial charge in [0.2, 0.25) is 11.7 Å². The van der Waals surface area contributed by atoms with E-state index in [-0.39, 0.29) is 5.78 Å². The number of methoxy groups -OCH3 is 4. The van der Waals surface area contributed by atoms with Crippen molar-refractivity contribution in [2.45, 2.75) is 38.8 Å². The van der Waals surface area contributed by atoms with Gasteiger partial charge < -0.3 is 38.5 Å². The molecule has 0 radical (unpaired) electrons. The number of fused-ring (bicyclic) bond motifs is 1. The zero-order valence-corrected chi connectivity index (χ0v) is 26.9. The van der Waals surface area contributed by atoms with Crippen LogP contribution in [-0.4, -0.2) is 87.6 Å². The first-order valence-electron chi connectivity index (χ1n) is 15.5. The number of ether oxygens (including phenoxy) is 5. The van der Waals surface area contributed by atoms with Crippen LogP contribution in [0.3, 0.4) is 0 Å². The third kappa shape index (κ3) is 7.34. The first-order valence-corrected chi connectivity index (χ1v) is 15.5. The largest absolute Gasteiger partial charge is 0.496 e. The van der Waals surface area contributed by atoms with Crippen LogP contribution in [0.15, 0.2) is 54.6 Å². The lowest BCUT2D eigenvalue weighted by molar-refractivity contribution is 0.103. The van der Waals surface area contributed by atoms with Gasteiger partial charge in [-0.05, 0) is 74.2 Å². The second kappa shape index (κ2) is 15.1. The lowest BCUT2D eigenvalue weighted by Crippen LogP contribution is -2.40. The molecule has 10 nitrogen and oxygen atoms in total. The highest BCUT2D eigenvalue weighted by Crippen LogP contribution is 2.39. The average molecular weight is 617 g/mol. The van der Waals surface area contributed by atoms with E-state index in [0.717, 1.165) is 73.7 Å². The van der Waals surface area contributed by atoms with E-state index in [0.29, 0.717) is 47.6 Å². The minimum atomic E-state index is -0.127. The molecule has 1 fully saturated rings. The highest BCUT2D eigenvalue weighted by atomic mass is 16.5. The number of imidazole rings is 1. The standard InChI is InChI=1S/C35H44N4O6/c1-6-45-20-19-39-29-10-8-7-9-28(29)37-35(39)36-27-14-17-38(18-15-27)16-13-24-21-25(11-12-30(24)41-2)33(40)26-22-31(42-3)34(44-5)32(23-26)43-4/h7-12,21-23,27H,6,13-20H2,1-5H3,(H,36,37). The zero-order chi connectivity index (χ0) is 31.8. The summed E-state index contributed by atoms with van der Waals surface area (Å²) in [6, 6.07) is 17.6. The van der Waals surface area contributed by atoms with Gasteiger partial charge in [-0.15, -0.1) is 0 Å². The molecule has 0 amide bonds. The summed E-state index contributed by atoms with van der Waals surface area (Å²) in [7, 11) is 6.28. The molecule has 5 rings (SSSR count). The Balaban J connectivity index is 1.22. The number of piperidine rings is 1. The molecular weight excluding hydrogens is 572 g/mol. The van der Waals surface area contributed by atoms with E-state index in [1.807, 2.05) is 25.1 Å². The van der Waals surface area contributed by atoms with Gasteiger partial charge in [0.05, 0.1) is 46.1 Å². The molecule has 1 aromatic heterocycles. The van der Waals surface area contributed by atoms with Crippen molar-refractivity contribution >= 4 is 22.8 Å². The minimum Gasteiger partial charge on any atom is -0.496 e. The lowest BCUT2D eigenvalue weighted by Gasteiger charge is -2.32. The molecule has 45 heavy (non-hydrogen) atoms. The number of likely N-dealkylation sites (tertiary alicyclic amines) is 1. The number of carbonyl (C=O) groups is 1. The van der Waals surface area contributed by atoms with E-state index < -0.39 is 0 Å². The normalized spacial score (nSPS) is 14.0. The topological polar surface area (TPSA) is 96.3 Å². The number of aromatic nitrogens is 2. The maximum Gasteiger partial charge on any atom is 0.204 e. The molecule has 0 bridgehead atoms. The Kier molecular flexibility index (Phi) is 10.8. The smallest absolute Gasteiger partial charge is 0.204 e. The Hall–Kier alpha value is -4.28. The molecule has 10 heteroatoms. The Morgan fingerprint density at radius 1 is 0.867 bits per heavy atom. The minimum absolute atomic E-state index is 0.127. The summed E-state index contributed by atoms with van der Waals surface area (Å²) in [6.07, 6.45) is 2.81. The quantitative estimate of drug-likeness (QED) is 0.138. The van der Waals surface area contributed by atoms with E-state index >= 15 is 0 Å². The van der Waals surface area contributed by atoms with Gasteiger partial charge in [0.25, 0.3) is 0 Å². The monoisotopic (exact) mass is 616 g/mol. The summed E-state index contributed by atoms with van der Waals surface area (Å²) in [5, 5.41) is 3.72. The molecular formula is C35H44N4O6. The summed E-state index contributed by atoms with van der Waals surface area (Å²) in [6.45, 7) is 6.96. The third-order valence-electron chi connectivity index (χ3n) is 8.41. The van der Waals surface area contributed by atoms with Gasteiger partial charge in [-0.1, -0.05) is 12.1 Å². The molecule has 0 atom stereocenters. The van der Waals surface area contributed by atoms with E-state index in [1.165, 1.54) is 14.2 Å². The van der Waals surface area contributed by atoms with E-state index in [4.69, 9.17) is 28.7 Å². The number of nitrogens with zero attached hydrogens (tertiary/aromatic N) is 3. The molecule has 4 aromatic rings. The highest BCUT2D eigenvalue weighted by Gasteiger charge is 2.23. The third-order valence-corrected chi connectivity index (χ3v) is 8.41. The Morgan fingerprint density at radius 3 is 2.24 bits per heavy atom. The molecule has 0 saturated carbocycles. The highest BCUT2D eigenvalue weighted by molar-refractivity contribution is 6.09. The van der Waals surface area contributed by atoms with Crippen molar-refractivity contribution in [3.8, 4) is 23.0 Å². The maximum absolute atomic E-state index is 13.6. The van der Waals surface area contributed by atoms with Crippen molar-refractivity contribution in [1.82, 2.24) is 14.5 Å². The fourth-order valence-corrected chi connectivity index (χ4v) is 5.97. The van der Waals surface area contributed by atoms with E-state index in [1.54, 1.807) is 32.4 Å². The number of ketones is 1. The molecule has 1 N–H and O–H groups in total. The van der Waals surface area contributed by atoms with Crippen LogP contribution >= 0.6 is 0 Å². The van der Waals surface area contributed by atoms with Gasteiger partial charge in [0.1, 0.15) is 5.75 Å². The molecule has 1 aliphatic heterocycles. The van der Waals surface area contributed by atoms with Crippen LogP contribution in [0.4, 0.5) is 5.95 Å². The van der Waals surface area contributed by atoms with Crippen LogP contribution in [0, 0.1) is 0 Å². The average Bonchev–Trinajstić information content (AvgIpc) is 3.43. The number of hydrogen-bond donors (Lipinski definition) is 1. The number of carbonyl (C=O) groups excluding carboxylic acids is 1. The fraction of sp³-hybridized carbons (Fsp3) is 0.429. The molecule has 240 valence electrons. The van der Waals surface area contributed by atoms with Crippen molar-refractivity contribution in [3.63, 3.8) is 0 Å². The molecule has 0 spiro atoms. The van der Waals surface area contributed by atoms with Crippen molar-refractivity contribution in [1.29, 1.82) is 0 Å². The van der Waals surface area contributed by atoms with E-state index in [9.17, 15) is 4.79 Å². The van der Waals surface area contributed by atoms with Gasteiger partial charge >= 0.3 is 0 Å². The summed E-state index contributed by atoms with van der Waals surface area (Å²) in [5.74, 6) is 2.89. The lowest BCUT2D eigenvalue weighted by atomic mass is 9.98. The van der Waals surface area contributed by atoms with Crippen LogP contribution < -0.4 is 24.3 Å². The number of anilines is 1. The van der Waals surface area contributed by atoms with Crippen molar-refractivity contribution in [3.05, 3.63) is 71.3 Å². The Bertz CT molecular complexity index is 1570. The summed E-state index contributed by atoms with van der Waals surface area (Å²) in [4.78, 5) is 20.9. The van der Waals surface area contributed by atoms with Gasteiger partial charge in [-0.3, -0.25) is 4.79 Å². The van der Waals surface area contributed by atoms with Gasteiger partial charge in [-0.25, -0.2) is 4.98 Å². The molecule has 1 saturated heterocycles. The van der Waals surface area contributed by atoms with Gasteiger partial charge in [0, 0.05) is 50.0 Å². The first-order chi connectivity index (χ1) is 22.0. The van der Waals surface area contributed by atoms with Crippen molar-refractivity contribution in [2.75, 3.05) is 66.6 Å². The molecule has 0 aliphatic carbocycles. The molecule has 0 unspecified atom stereocenters. The molecule has 3 aromatic carbocycles. The number of hydrogen-bond acceptors (Lipinski definition) is 9. The fourth-order valence-electron chi connectivity index (χ4n) is 5.97. The second-order valence-electron chi connectivity index (χ2n) is 11.1. The summed E-state index contributed by atoms with van der Waals surface area (Å²) in [5.41, 5.74) is 4.15. The van der Waals surface area contributed by atoms with Gasteiger partial charge in [-0.2, -0.15) is 0 Å². The molecule has 2 heterocycles. The summed E-state index contributed by atoms with van der Waals surface area (Å²) >= 11 is 0. The predicted octanol–water partition coefficient (Wildman–Crippen LogP) is 5.46. The number of rotatable bonds is 15. The second-order valence-corrected chi connectivity index (χ2v) is 11.1. The van der Waals surface area contributed by atoms with Crippen LogP contribution in [0.2, 0.25) is 0 Å². The predicted molar refractivity (Wildman–Crippen MR) is 176 cm³/mol. The molecule has 1 aliphatic rings. The van der Waals surface area contributed by atoms with Crippen LogP contribution in [-0.2, 0) is 17.7 Å². The van der Waals surface area contributed by atoms with Crippen LogP contribution in [0.1, 0.15) is 41.3 Å². The number of benzene rings is 3. The maximum atomic E-state index is 13.6. The number of nitrogens with one attached hydrogen (secondary N) is 1. The van der Waals surface area contributed by atoms with E-state index in [2.05, 4.69) is 33.0 Å². The van der Waals surface area contributed by atoms with Crippen LogP contribution in [0.5, 0.6) is 23.0 Å². The summed E-state index contributed by atoms with van der Waals surface area (Å²) < 4.78 is 29.9.